The van der Waals surface area contributed by atoms with Gasteiger partial charge in [0.25, 0.3) is 17.7 Å². The molecule has 1 aliphatic rings. The molecule has 0 aromatic heterocycles. The molecule has 1 heterocycles. The lowest BCUT2D eigenvalue weighted by molar-refractivity contribution is -0.122. The fourth-order valence-electron chi connectivity index (χ4n) is 3.59. The molecule has 38 heavy (non-hydrogen) atoms. The Morgan fingerprint density at radius 2 is 1.71 bits per heavy atom. The number of carbonyl (C=O) groups excluding carboxylic acids is 4. The average Bonchev–Trinajstić information content (AvgIpc) is 2.87. The van der Waals surface area contributed by atoms with E-state index in [0.29, 0.717) is 25.9 Å². The van der Waals surface area contributed by atoms with E-state index in [1.165, 1.54) is 25.3 Å². The molecule has 5 amide bonds. The minimum atomic E-state index is -0.873. The molecule has 3 aromatic carbocycles. The Hall–Kier alpha value is -3.96. The topological polar surface area (TPSA) is 114 Å². The van der Waals surface area contributed by atoms with Gasteiger partial charge in [0.1, 0.15) is 17.1 Å². The summed E-state index contributed by atoms with van der Waals surface area (Å²) in [6.07, 6.45) is 1.31. The van der Waals surface area contributed by atoms with E-state index in [2.05, 4.69) is 42.5 Å². The monoisotopic (exact) mass is 641 g/mol. The van der Waals surface area contributed by atoms with Crippen molar-refractivity contribution in [2.24, 2.45) is 0 Å². The summed E-state index contributed by atoms with van der Waals surface area (Å²) < 4.78 is 12.0. The highest BCUT2D eigenvalue weighted by atomic mass is 79.9. The minimum absolute atomic E-state index is 0.230. The Labute approximate surface area is 235 Å². The van der Waals surface area contributed by atoms with Gasteiger partial charge in [-0.2, -0.15) is 0 Å². The highest BCUT2D eigenvalue weighted by molar-refractivity contribution is 9.11. The van der Waals surface area contributed by atoms with Crippen LogP contribution >= 0.6 is 31.9 Å². The van der Waals surface area contributed by atoms with Crippen LogP contribution in [-0.2, 0) is 14.4 Å². The van der Waals surface area contributed by atoms with Crippen molar-refractivity contribution in [3.8, 4) is 11.5 Å². The number of imide groups is 2. The van der Waals surface area contributed by atoms with E-state index < -0.39 is 23.8 Å². The van der Waals surface area contributed by atoms with Crippen LogP contribution in [0.1, 0.15) is 11.1 Å². The molecule has 2 N–H and O–H groups in total. The maximum Gasteiger partial charge on any atom is 0.335 e. The molecule has 0 saturated carbocycles. The van der Waals surface area contributed by atoms with Crippen LogP contribution < -0.4 is 25.0 Å². The number of nitrogens with zero attached hydrogens (tertiary/aromatic N) is 1. The van der Waals surface area contributed by atoms with E-state index in [-0.39, 0.29) is 23.6 Å². The van der Waals surface area contributed by atoms with Crippen LogP contribution in [0.4, 0.5) is 16.2 Å². The second-order valence-electron chi connectivity index (χ2n) is 8.16. The van der Waals surface area contributed by atoms with Gasteiger partial charge in [-0.3, -0.25) is 19.7 Å². The number of halogens is 2. The van der Waals surface area contributed by atoms with Crippen LogP contribution in [0.15, 0.2) is 75.2 Å². The number of urea groups is 1. The molecular weight excluding hydrogens is 622 g/mol. The van der Waals surface area contributed by atoms with Crippen LogP contribution in [0.3, 0.4) is 0 Å². The first kappa shape index (κ1) is 27.1. The second-order valence-corrected chi connectivity index (χ2v) is 9.93. The molecular formula is C27H21Br2N3O6. The molecule has 194 valence electrons. The number of benzene rings is 3. The van der Waals surface area contributed by atoms with Crippen molar-refractivity contribution < 1.29 is 28.7 Å². The van der Waals surface area contributed by atoms with Gasteiger partial charge in [-0.15, -0.1) is 0 Å². The fourth-order valence-corrected chi connectivity index (χ4v) is 4.96. The summed E-state index contributed by atoms with van der Waals surface area (Å²) >= 11 is 6.80. The summed E-state index contributed by atoms with van der Waals surface area (Å²) in [4.78, 5) is 51.8. The molecule has 0 spiro atoms. The standard InChI is InChI=1S/C27H21Br2N3O6/c1-15-3-5-18(6-4-15)30-23(33)14-38-24-16(11-17(28)13-22(24)29)12-21-25(34)31-27(36)32(26(21)35)19-7-9-20(37-2)10-8-19/h3-13H,14H2,1-2H3,(H,30,33)(H,31,34,36)/b21-12+. The van der Waals surface area contributed by atoms with Crippen molar-refractivity contribution in [2.75, 3.05) is 23.9 Å². The predicted octanol–water partition coefficient (Wildman–Crippen LogP) is 5.21. The third kappa shape index (κ3) is 6.12. The van der Waals surface area contributed by atoms with Gasteiger partial charge in [0.05, 0.1) is 17.3 Å². The van der Waals surface area contributed by atoms with Crippen LogP contribution in [0, 0.1) is 6.92 Å². The van der Waals surface area contributed by atoms with E-state index in [9.17, 15) is 19.2 Å². The molecule has 11 heteroatoms. The number of carbonyl (C=O) groups is 4. The number of hydrogen-bond acceptors (Lipinski definition) is 6. The van der Waals surface area contributed by atoms with Gasteiger partial charge < -0.3 is 14.8 Å². The van der Waals surface area contributed by atoms with E-state index in [1.54, 1.807) is 36.4 Å². The fraction of sp³-hybridized carbons (Fsp3) is 0.111. The lowest BCUT2D eigenvalue weighted by Gasteiger charge is -2.26. The molecule has 9 nitrogen and oxygen atoms in total. The van der Waals surface area contributed by atoms with Gasteiger partial charge in [-0.05, 0) is 77.5 Å². The maximum absolute atomic E-state index is 13.3. The summed E-state index contributed by atoms with van der Waals surface area (Å²) in [5.41, 5.74) is 1.97. The van der Waals surface area contributed by atoms with Crippen molar-refractivity contribution >= 4 is 73.1 Å². The quantitative estimate of drug-likeness (QED) is 0.270. The summed E-state index contributed by atoms with van der Waals surface area (Å²) in [6, 6.07) is 16.0. The lowest BCUT2D eigenvalue weighted by atomic mass is 10.1. The van der Waals surface area contributed by atoms with E-state index >= 15 is 0 Å². The number of aryl methyl sites for hydroxylation is 1. The molecule has 3 aromatic rings. The summed E-state index contributed by atoms with van der Waals surface area (Å²) in [6.45, 7) is 1.61. The van der Waals surface area contributed by atoms with Crippen molar-refractivity contribution in [1.82, 2.24) is 5.32 Å². The average molecular weight is 643 g/mol. The third-order valence-electron chi connectivity index (χ3n) is 5.45. The molecule has 0 radical (unpaired) electrons. The zero-order chi connectivity index (χ0) is 27.4. The van der Waals surface area contributed by atoms with Crippen LogP contribution in [0.2, 0.25) is 0 Å². The molecule has 1 aliphatic heterocycles. The van der Waals surface area contributed by atoms with Crippen LogP contribution in [0.5, 0.6) is 11.5 Å². The van der Waals surface area contributed by atoms with Gasteiger partial charge in [0.2, 0.25) is 0 Å². The number of amides is 5. The van der Waals surface area contributed by atoms with Gasteiger partial charge in [0, 0.05) is 15.7 Å². The van der Waals surface area contributed by atoms with Crippen molar-refractivity contribution in [2.45, 2.75) is 6.92 Å². The van der Waals surface area contributed by atoms with Gasteiger partial charge in [-0.1, -0.05) is 33.6 Å². The number of ether oxygens (including phenoxy) is 2. The third-order valence-corrected chi connectivity index (χ3v) is 6.50. The summed E-state index contributed by atoms with van der Waals surface area (Å²) in [5, 5.41) is 4.93. The highest BCUT2D eigenvalue weighted by Gasteiger charge is 2.37. The first-order chi connectivity index (χ1) is 18.2. The first-order valence-electron chi connectivity index (χ1n) is 11.2. The Morgan fingerprint density at radius 1 is 1.03 bits per heavy atom. The predicted molar refractivity (Wildman–Crippen MR) is 149 cm³/mol. The summed E-state index contributed by atoms with van der Waals surface area (Å²) in [5.74, 6) is -1.30. The molecule has 0 bridgehead atoms. The van der Waals surface area contributed by atoms with Crippen molar-refractivity contribution in [3.63, 3.8) is 0 Å². The Kier molecular flexibility index (Phi) is 8.28. The van der Waals surface area contributed by atoms with Crippen molar-refractivity contribution in [3.05, 3.63) is 86.3 Å². The Balaban J connectivity index is 1.61. The number of methoxy groups -OCH3 is 1. The normalized spacial score (nSPS) is 14.4. The van der Waals surface area contributed by atoms with Gasteiger partial charge in [-0.25, -0.2) is 9.69 Å². The molecule has 0 atom stereocenters. The molecule has 1 saturated heterocycles. The minimum Gasteiger partial charge on any atom is -0.497 e. The highest BCUT2D eigenvalue weighted by Crippen LogP contribution is 2.35. The molecule has 1 fully saturated rings. The SMILES string of the molecule is COc1ccc(N2C(=O)NC(=O)/C(=C\c3cc(Br)cc(Br)c3OCC(=O)Nc3ccc(C)cc3)C2=O)cc1. The number of anilines is 2. The van der Waals surface area contributed by atoms with E-state index in [0.717, 1.165) is 10.5 Å². The second kappa shape index (κ2) is 11.6. The lowest BCUT2D eigenvalue weighted by Crippen LogP contribution is -2.54. The van der Waals surface area contributed by atoms with Gasteiger partial charge in [0.15, 0.2) is 6.61 Å². The van der Waals surface area contributed by atoms with Crippen molar-refractivity contribution in [1.29, 1.82) is 0 Å². The largest absolute Gasteiger partial charge is 0.497 e. The molecule has 0 aliphatic carbocycles. The van der Waals surface area contributed by atoms with E-state index in [1.807, 2.05) is 19.1 Å². The number of barbiturate groups is 1. The number of hydrogen-bond donors (Lipinski definition) is 2. The maximum atomic E-state index is 13.3. The van der Waals surface area contributed by atoms with E-state index in [4.69, 9.17) is 9.47 Å². The Bertz CT molecular complexity index is 1450. The zero-order valence-corrected chi connectivity index (χ0v) is 23.4. The number of rotatable bonds is 7. The smallest absolute Gasteiger partial charge is 0.335 e. The van der Waals surface area contributed by atoms with Crippen LogP contribution in [0.25, 0.3) is 6.08 Å². The number of nitrogens with one attached hydrogen (secondary N) is 2. The summed E-state index contributed by atoms with van der Waals surface area (Å²) in [7, 11) is 1.50. The Morgan fingerprint density at radius 3 is 2.37 bits per heavy atom. The van der Waals surface area contributed by atoms with Gasteiger partial charge >= 0.3 is 6.03 Å². The molecule has 4 rings (SSSR count). The van der Waals surface area contributed by atoms with Crippen LogP contribution in [-0.4, -0.2) is 37.5 Å². The zero-order valence-electron chi connectivity index (χ0n) is 20.2. The first-order valence-corrected chi connectivity index (χ1v) is 12.8. The molecule has 0 unspecified atom stereocenters.